The summed E-state index contributed by atoms with van der Waals surface area (Å²) in [5.74, 6) is -3.22. The van der Waals surface area contributed by atoms with Gasteiger partial charge in [-0.05, 0) is 71.8 Å². The Balaban J connectivity index is 1.38. The van der Waals surface area contributed by atoms with Crippen molar-refractivity contribution >= 4 is 23.8 Å². The Morgan fingerprint density at radius 3 is 1.69 bits per heavy atom. The van der Waals surface area contributed by atoms with Crippen LogP contribution >= 0.6 is 0 Å². The van der Waals surface area contributed by atoms with Crippen LogP contribution in [0.5, 0.6) is 5.75 Å². The van der Waals surface area contributed by atoms with Crippen LogP contribution in [0.4, 0.5) is 0 Å². The van der Waals surface area contributed by atoms with Gasteiger partial charge < -0.3 is 25.0 Å². The lowest BCUT2D eigenvalue weighted by Crippen LogP contribution is -2.46. The van der Waals surface area contributed by atoms with Crippen molar-refractivity contribution in [2.24, 2.45) is 0 Å². The largest absolute Gasteiger partial charge is 0.497 e. The van der Waals surface area contributed by atoms with E-state index < -0.39 is 43.4 Å². The highest BCUT2D eigenvalue weighted by Crippen LogP contribution is 2.30. The van der Waals surface area contributed by atoms with Crippen LogP contribution in [0, 0.1) is 0 Å². The Morgan fingerprint density at radius 2 is 1.11 bits per heavy atom. The number of hydrogen-bond acceptors (Lipinski definition) is 14. The van der Waals surface area contributed by atoms with Crippen LogP contribution in [0.2, 0.25) is 0 Å². The molecule has 4 N–H and O–H groups in total. The van der Waals surface area contributed by atoms with Gasteiger partial charge in [0.25, 0.3) is 0 Å². The van der Waals surface area contributed by atoms with Crippen LogP contribution in [-0.4, -0.2) is 157 Å². The number of methoxy groups -OCH3 is 1. The maximum atomic E-state index is 14.2. The van der Waals surface area contributed by atoms with Gasteiger partial charge in [0.1, 0.15) is 5.75 Å². The van der Waals surface area contributed by atoms with Gasteiger partial charge in [0.05, 0.1) is 87.1 Å². The van der Waals surface area contributed by atoms with E-state index in [9.17, 15) is 34.5 Å². The summed E-state index contributed by atoms with van der Waals surface area (Å²) in [5.41, 5.74) is 5.41. The zero-order valence-electron chi connectivity index (χ0n) is 33.6. The average molecular weight is 837 g/mol. The second-order valence-corrected chi connectivity index (χ2v) is 13.9. The van der Waals surface area contributed by atoms with E-state index in [-0.39, 0.29) is 59.0 Å². The summed E-state index contributed by atoms with van der Waals surface area (Å²) < 4.78 is 5.36. The fourth-order valence-corrected chi connectivity index (χ4v) is 6.45. The van der Waals surface area contributed by atoms with Gasteiger partial charge in [0, 0.05) is 45.1 Å². The van der Waals surface area contributed by atoms with Gasteiger partial charge in [-0.25, -0.2) is 14.9 Å². The molecule has 0 saturated heterocycles. The molecule has 18 heteroatoms. The van der Waals surface area contributed by atoms with Gasteiger partial charge in [-0.15, -0.1) is 0 Å². The number of pyridine rings is 4. The monoisotopic (exact) mass is 836 g/mol. The molecule has 4 aromatic heterocycles. The van der Waals surface area contributed by atoms with E-state index in [1.54, 1.807) is 53.6 Å². The number of ether oxygens (including phenoxy) is 1. The molecule has 61 heavy (non-hydrogen) atoms. The number of carbonyl (C=O) groups is 4. The first kappa shape index (κ1) is 45.4. The summed E-state index contributed by atoms with van der Waals surface area (Å²) in [6, 6.07) is 28.0. The number of carboxylic acid groups (broad SMARTS) is 3. The molecule has 18 nitrogen and oxygen atoms in total. The molecule has 5 rings (SSSR count). The van der Waals surface area contributed by atoms with Crippen molar-refractivity contribution in [3.05, 3.63) is 115 Å². The van der Waals surface area contributed by atoms with Gasteiger partial charge in [0.2, 0.25) is 5.91 Å². The number of rotatable bonds is 25. The van der Waals surface area contributed by atoms with Crippen molar-refractivity contribution < 1.29 is 49.4 Å². The van der Waals surface area contributed by atoms with E-state index in [0.29, 0.717) is 34.2 Å². The summed E-state index contributed by atoms with van der Waals surface area (Å²) >= 11 is 0. The van der Waals surface area contributed by atoms with Crippen molar-refractivity contribution in [3.8, 4) is 39.7 Å². The molecule has 0 aliphatic heterocycles. The highest BCUT2D eigenvalue weighted by Gasteiger charge is 2.23. The van der Waals surface area contributed by atoms with Crippen LogP contribution in [0.15, 0.2) is 103 Å². The van der Waals surface area contributed by atoms with Gasteiger partial charge in [-0.1, -0.05) is 30.3 Å². The maximum Gasteiger partial charge on any atom is 0.317 e. The molecule has 0 aliphatic rings. The lowest BCUT2D eigenvalue weighted by atomic mass is 10.0. The summed E-state index contributed by atoms with van der Waals surface area (Å²) in [7, 11) is 1.61. The minimum absolute atomic E-state index is 0.0531. The van der Waals surface area contributed by atoms with E-state index in [0.717, 1.165) is 16.9 Å². The van der Waals surface area contributed by atoms with E-state index in [2.05, 4.69) is 14.9 Å². The molecule has 0 saturated carbocycles. The Bertz CT molecular complexity index is 2180. The average Bonchev–Trinajstić information content (AvgIpc) is 3.25. The first-order chi connectivity index (χ1) is 29.5. The number of hydrogen-bond donors (Lipinski definition) is 4. The van der Waals surface area contributed by atoms with Crippen LogP contribution in [-0.2, 0) is 37.2 Å². The Kier molecular flexibility index (Phi) is 17.2. The number of aromatic nitrogens is 4. The molecule has 5 aromatic rings. The van der Waals surface area contributed by atoms with E-state index in [1.807, 2.05) is 66.7 Å². The number of carbonyl (C=O) groups excluding carboxylic acids is 1. The Labute approximate surface area is 352 Å². The molecular formula is C43H48N8O10. The van der Waals surface area contributed by atoms with Crippen LogP contribution in [0.25, 0.3) is 33.9 Å². The van der Waals surface area contributed by atoms with Gasteiger partial charge in [-0.3, -0.25) is 49.1 Å². The van der Waals surface area contributed by atoms with Crippen LogP contribution in [0.1, 0.15) is 11.4 Å². The lowest BCUT2D eigenvalue weighted by molar-refractivity contribution is -0.244. The van der Waals surface area contributed by atoms with Crippen molar-refractivity contribution in [2.45, 2.75) is 13.1 Å². The topological polar surface area (TPSA) is 232 Å². The van der Waals surface area contributed by atoms with Gasteiger partial charge in [0.15, 0.2) is 0 Å². The zero-order chi connectivity index (χ0) is 43.6. The minimum Gasteiger partial charge on any atom is -0.497 e. The van der Waals surface area contributed by atoms with Crippen molar-refractivity contribution in [1.29, 1.82) is 0 Å². The molecule has 320 valence electrons. The molecule has 1 aromatic carbocycles. The van der Waals surface area contributed by atoms with Crippen LogP contribution < -0.4 is 4.74 Å². The molecule has 0 spiro atoms. The number of carboxylic acids is 3. The molecule has 0 unspecified atom stereocenters. The SMILES string of the molecule is COc1ccc(-c2cc(-c3ccccn3)nc(-c3cccc(CN(Cc4ccccn4)C(=O)CN(CCN(CCOO)CCN(CC(=O)O)CC(=O)O)CC(=O)O)n3)c2)cc1. The summed E-state index contributed by atoms with van der Waals surface area (Å²) in [5, 5.41) is 37.3. The highest BCUT2D eigenvalue weighted by atomic mass is 17.1. The molecular weight excluding hydrogens is 789 g/mol. The lowest BCUT2D eigenvalue weighted by Gasteiger charge is -2.30. The third-order valence-corrected chi connectivity index (χ3v) is 9.43. The number of amides is 1. The number of nitrogens with zero attached hydrogens (tertiary/aromatic N) is 8. The summed E-state index contributed by atoms with van der Waals surface area (Å²) in [6.45, 7) is -1.07. The Morgan fingerprint density at radius 1 is 0.557 bits per heavy atom. The third-order valence-electron chi connectivity index (χ3n) is 9.43. The highest BCUT2D eigenvalue weighted by molar-refractivity contribution is 5.79. The standard InChI is InChI=1S/C43H48N8O10/c1-60-35-13-11-31(12-14-35)32-23-38(36-9-3-5-16-45-36)47-39(24-32)37-10-6-8-34(46-37)26-51(25-33-7-2-4-15-44-33)40(52)27-49(28-41(53)54)19-17-48(21-22-61-59)18-20-50(29-42(55)56)30-43(57)58/h2-16,23-24,59H,17-22,25-30H2,1H3,(H,53,54)(H,55,56)(H,57,58). The first-order valence-corrected chi connectivity index (χ1v) is 19.3. The fourth-order valence-electron chi connectivity index (χ4n) is 6.45. The molecule has 0 fully saturated rings. The van der Waals surface area contributed by atoms with E-state index >= 15 is 0 Å². The minimum atomic E-state index is -1.19. The first-order valence-electron chi connectivity index (χ1n) is 19.3. The summed E-state index contributed by atoms with van der Waals surface area (Å²) in [6.07, 6.45) is 3.32. The predicted octanol–water partition coefficient (Wildman–Crippen LogP) is 3.45. The molecule has 0 atom stereocenters. The van der Waals surface area contributed by atoms with E-state index in [4.69, 9.17) is 20.0 Å². The number of aliphatic carboxylic acids is 3. The van der Waals surface area contributed by atoms with Crippen molar-refractivity contribution in [1.82, 2.24) is 39.5 Å². The third kappa shape index (κ3) is 14.8. The molecule has 0 radical (unpaired) electrons. The fraction of sp³-hybridized carbons (Fsp3) is 0.302. The van der Waals surface area contributed by atoms with E-state index in [1.165, 1.54) is 9.80 Å². The van der Waals surface area contributed by atoms with Gasteiger partial charge in [-0.2, -0.15) is 0 Å². The zero-order valence-corrected chi connectivity index (χ0v) is 33.6. The maximum absolute atomic E-state index is 14.2. The van der Waals surface area contributed by atoms with Crippen molar-refractivity contribution in [2.75, 3.05) is 72.6 Å². The second kappa shape index (κ2) is 23.2. The second-order valence-electron chi connectivity index (χ2n) is 13.9. The predicted molar refractivity (Wildman–Crippen MR) is 222 cm³/mol. The number of benzene rings is 1. The normalized spacial score (nSPS) is 11.2. The Hall–Kier alpha value is -6.70. The summed E-state index contributed by atoms with van der Waals surface area (Å²) in [4.78, 5) is 78.0. The van der Waals surface area contributed by atoms with Gasteiger partial charge >= 0.3 is 17.9 Å². The van der Waals surface area contributed by atoms with Crippen molar-refractivity contribution in [3.63, 3.8) is 0 Å². The molecule has 4 heterocycles. The molecule has 0 aliphatic carbocycles. The molecule has 1 amide bonds. The molecule has 0 bridgehead atoms. The van der Waals surface area contributed by atoms with Crippen LogP contribution in [0.3, 0.4) is 0 Å². The quantitative estimate of drug-likeness (QED) is 0.0487. The smallest absolute Gasteiger partial charge is 0.317 e.